The Morgan fingerprint density at radius 1 is 1.19 bits per heavy atom. The summed E-state index contributed by atoms with van der Waals surface area (Å²) in [7, 11) is 0. The van der Waals surface area contributed by atoms with Crippen LogP contribution < -0.4 is 10.9 Å². The second-order valence-corrected chi connectivity index (χ2v) is 6.82. The van der Waals surface area contributed by atoms with Crippen LogP contribution in [0.5, 0.6) is 0 Å². The molecule has 1 aliphatic rings. The third-order valence-corrected chi connectivity index (χ3v) is 4.82. The summed E-state index contributed by atoms with van der Waals surface area (Å²) in [5, 5.41) is 11.7. The number of hydrogen-bond acceptors (Lipinski definition) is 6. The largest absolute Gasteiger partial charge is 0.353 e. The Morgan fingerprint density at radius 3 is 2.62 bits per heavy atom. The molecule has 1 saturated heterocycles. The number of nitrogens with zero attached hydrogens (tertiary/aromatic N) is 5. The lowest BCUT2D eigenvalue weighted by Crippen LogP contribution is -2.51. The number of rotatable bonds is 6. The lowest BCUT2D eigenvalue weighted by molar-refractivity contribution is -0.123. The normalized spacial score (nSPS) is 17.3. The van der Waals surface area contributed by atoms with Crippen molar-refractivity contribution in [2.24, 2.45) is 0 Å². The first kappa shape index (κ1) is 18.5. The minimum Gasteiger partial charge on any atom is -0.353 e. The first-order valence-corrected chi connectivity index (χ1v) is 9.13. The van der Waals surface area contributed by atoms with E-state index in [1.807, 2.05) is 19.1 Å². The Bertz CT molecular complexity index is 813. The number of nitrogens with one attached hydrogen (secondary N) is 1. The Hall–Kier alpha value is -2.32. The van der Waals surface area contributed by atoms with Crippen LogP contribution in [0.15, 0.2) is 29.1 Å². The number of hydrogen-bond donors (Lipinski definition) is 1. The number of piperazine rings is 1. The van der Waals surface area contributed by atoms with E-state index in [0.717, 1.165) is 32.6 Å². The summed E-state index contributed by atoms with van der Waals surface area (Å²) in [6, 6.07) is 7.45. The van der Waals surface area contributed by atoms with Crippen LogP contribution >= 0.6 is 0 Å². The van der Waals surface area contributed by atoms with Gasteiger partial charge in [0.1, 0.15) is 5.52 Å². The number of carbonyl (C=O) groups is 1. The minimum atomic E-state index is -0.119. The van der Waals surface area contributed by atoms with Gasteiger partial charge in [0.2, 0.25) is 5.91 Å². The van der Waals surface area contributed by atoms with E-state index in [9.17, 15) is 9.59 Å². The van der Waals surface area contributed by atoms with Crippen molar-refractivity contribution >= 4 is 16.8 Å². The van der Waals surface area contributed by atoms with Gasteiger partial charge in [-0.1, -0.05) is 24.3 Å². The molecule has 2 heterocycles. The molecule has 1 N–H and O–H groups in total. The van der Waals surface area contributed by atoms with E-state index >= 15 is 0 Å². The molecule has 0 saturated carbocycles. The zero-order valence-electron chi connectivity index (χ0n) is 15.4. The number of amides is 1. The molecular weight excluding hydrogens is 332 g/mol. The highest BCUT2D eigenvalue weighted by Crippen LogP contribution is 2.05. The average molecular weight is 358 g/mol. The van der Waals surface area contributed by atoms with Gasteiger partial charge in [-0.2, -0.15) is 4.68 Å². The smallest absolute Gasteiger partial charge is 0.278 e. The predicted octanol–water partition coefficient (Wildman–Crippen LogP) is 0.281. The van der Waals surface area contributed by atoms with E-state index in [1.165, 1.54) is 4.68 Å². The first-order valence-electron chi connectivity index (χ1n) is 9.13. The van der Waals surface area contributed by atoms with Crippen molar-refractivity contribution in [2.45, 2.75) is 33.0 Å². The molecule has 1 fully saturated rings. The van der Waals surface area contributed by atoms with Gasteiger partial charge in [0.05, 0.1) is 18.6 Å². The van der Waals surface area contributed by atoms with E-state index in [-0.39, 0.29) is 17.5 Å². The number of fused-ring (bicyclic) bond motifs is 1. The molecule has 1 unspecified atom stereocenters. The molecule has 26 heavy (non-hydrogen) atoms. The Labute approximate surface area is 152 Å². The topological polar surface area (TPSA) is 83.4 Å². The Kier molecular flexibility index (Phi) is 5.95. The van der Waals surface area contributed by atoms with Crippen LogP contribution in [0.1, 0.15) is 20.3 Å². The molecular formula is C18H26N6O2. The molecule has 0 bridgehead atoms. The lowest BCUT2D eigenvalue weighted by Gasteiger charge is -2.34. The van der Waals surface area contributed by atoms with Gasteiger partial charge in [-0.15, -0.1) is 5.10 Å². The highest BCUT2D eigenvalue weighted by Gasteiger charge is 2.20. The van der Waals surface area contributed by atoms with E-state index in [4.69, 9.17) is 0 Å². The van der Waals surface area contributed by atoms with Gasteiger partial charge in [-0.05, 0) is 25.5 Å². The summed E-state index contributed by atoms with van der Waals surface area (Å²) < 4.78 is 1.41. The predicted molar refractivity (Wildman–Crippen MR) is 99.7 cm³/mol. The summed E-state index contributed by atoms with van der Waals surface area (Å²) in [5.74, 6) is 0.0735. The SMILES string of the molecule is CCC(C)NC(=O)CN1CCN(Cn2nnc3ccccc3c2=O)CC1. The van der Waals surface area contributed by atoms with E-state index in [2.05, 4.69) is 32.4 Å². The van der Waals surface area contributed by atoms with Crippen molar-refractivity contribution in [1.29, 1.82) is 0 Å². The molecule has 3 rings (SSSR count). The molecule has 0 radical (unpaired) electrons. The van der Waals surface area contributed by atoms with Crippen molar-refractivity contribution < 1.29 is 4.79 Å². The van der Waals surface area contributed by atoms with E-state index in [0.29, 0.717) is 24.1 Å². The first-order chi connectivity index (χ1) is 12.6. The average Bonchev–Trinajstić information content (AvgIpc) is 2.65. The van der Waals surface area contributed by atoms with Gasteiger partial charge in [-0.25, -0.2) is 0 Å². The molecule has 8 heteroatoms. The van der Waals surface area contributed by atoms with Gasteiger partial charge < -0.3 is 5.32 Å². The number of carbonyl (C=O) groups excluding carboxylic acids is 1. The maximum absolute atomic E-state index is 12.5. The number of aromatic nitrogens is 3. The van der Waals surface area contributed by atoms with E-state index in [1.54, 1.807) is 12.1 Å². The highest BCUT2D eigenvalue weighted by atomic mass is 16.2. The standard InChI is InChI=1S/C18H26N6O2/c1-3-14(2)19-17(25)12-22-8-10-23(11-9-22)13-24-18(26)15-6-4-5-7-16(15)20-21-24/h4-7,14H,3,8-13H2,1-2H3,(H,19,25). The second kappa shape index (κ2) is 8.37. The molecule has 0 aliphatic carbocycles. The fourth-order valence-corrected chi connectivity index (χ4v) is 3.02. The number of benzene rings is 1. The van der Waals surface area contributed by atoms with Crippen LogP contribution in [0.25, 0.3) is 10.9 Å². The van der Waals surface area contributed by atoms with Crippen molar-refractivity contribution in [3.05, 3.63) is 34.6 Å². The monoisotopic (exact) mass is 358 g/mol. The van der Waals surface area contributed by atoms with Crippen molar-refractivity contribution in [1.82, 2.24) is 30.1 Å². The zero-order chi connectivity index (χ0) is 18.5. The quantitative estimate of drug-likeness (QED) is 0.799. The van der Waals surface area contributed by atoms with Crippen LogP contribution in [0.4, 0.5) is 0 Å². The van der Waals surface area contributed by atoms with Gasteiger partial charge in [0, 0.05) is 32.2 Å². The molecule has 1 aromatic carbocycles. The molecule has 140 valence electrons. The fraction of sp³-hybridized carbons (Fsp3) is 0.556. The van der Waals surface area contributed by atoms with Crippen LogP contribution in [-0.4, -0.2) is 69.5 Å². The van der Waals surface area contributed by atoms with Crippen molar-refractivity contribution in [3.8, 4) is 0 Å². The Morgan fingerprint density at radius 2 is 1.88 bits per heavy atom. The van der Waals surface area contributed by atoms with Crippen LogP contribution in [0.2, 0.25) is 0 Å². The second-order valence-electron chi connectivity index (χ2n) is 6.82. The van der Waals surface area contributed by atoms with Crippen molar-refractivity contribution in [2.75, 3.05) is 32.7 Å². The van der Waals surface area contributed by atoms with Crippen molar-refractivity contribution in [3.63, 3.8) is 0 Å². The lowest BCUT2D eigenvalue weighted by atomic mass is 10.2. The summed E-state index contributed by atoms with van der Waals surface area (Å²) in [4.78, 5) is 28.8. The fourth-order valence-electron chi connectivity index (χ4n) is 3.02. The van der Waals surface area contributed by atoms with Gasteiger partial charge >= 0.3 is 0 Å². The van der Waals surface area contributed by atoms with Gasteiger partial charge in [-0.3, -0.25) is 19.4 Å². The molecule has 1 aliphatic heterocycles. The summed E-state index contributed by atoms with van der Waals surface area (Å²) in [6.07, 6.45) is 0.932. The summed E-state index contributed by atoms with van der Waals surface area (Å²) in [6.45, 7) is 8.08. The molecule has 1 atom stereocenters. The zero-order valence-corrected chi connectivity index (χ0v) is 15.4. The maximum atomic E-state index is 12.5. The maximum Gasteiger partial charge on any atom is 0.278 e. The molecule has 8 nitrogen and oxygen atoms in total. The highest BCUT2D eigenvalue weighted by molar-refractivity contribution is 5.78. The van der Waals surface area contributed by atoms with Gasteiger partial charge in [0.15, 0.2) is 0 Å². The third kappa shape index (κ3) is 4.44. The summed E-state index contributed by atoms with van der Waals surface area (Å²) in [5.41, 5.74) is 0.497. The van der Waals surface area contributed by atoms with Crippen LogP contribution in [-0.2, 0) is 11.5 Å². The van der Waals surface area contributed by atoms with E-state index < -0.39 is 0 Å². The summed E-state index contributed by atoms with van der Waals surface area (Å²) >= 11 is 0. The molecule has 1 aromatic heterocycles. The van der Waals surface area contributed by atoms with Gasteiger partial charge in [0.25, 0.3) is 5.56 Å². The minimum absolute atomic E-state index is 0.0735. The van der Waals surface area contributed by atoms with Crippen LogP contribution in [0, 0.1) is 0 Å². The Balaban J connectivity index is 1.54. The van der Waals surface area contributed by atoms with Crippen LogP contribution in [0.3, 0.4) is 0 Å². The molecule has 2 aromatic rings. The molecule has 0 spiro atoms. The molecule has 1 amide bonds. The third-order valence-electron chi connectivity index (χ3n) is 4.82.